The number of hydrogen-bond acceptors (Lipinski definition) is 1. The molecule has 1 N–H and O–H groups in total. The van der Waals surface area contributed by atoms with E-state index in [2.05, 4.69) is 17.3 Å². The summed E-state index contributed by atoms with van der Waals surface area (Å²) >= 11 is -1.98. The summed E-state index contributed by atoms with van der Waals surface area (Å²) in [5.41, 5.74) is 1.19. The molecular formula is C12H18GeO2. The quantitative estimate of drug-likeness (QED) is 0.851. The molecule has 2 nitrogen and oxygen atoms in total. The van der Waals surface area contributed by atoms with Crippen LogP contribution < -0.4 is 0 Å². The minimum absolute atomic E-state index is 0.253. The van der Waals surface area contributed by atoms with E-state index in [0.717, 1.165) is 0 Å². The number of benzene rings is 1. The SMILES string of the molecule is [CH3][Ge]([CH3])([CH3])[CH](CC(=O)O)c1ccccc1. The van der Waals surface area contributed by atoms with Crippen LogP contribution in [0.5, 0.6) is 0 Å². The van der Waals surface area contributed by atoms with Crippen LogP contribution in [0.4, 0.5) is 0 Å². The fourth-order valence-electron chi connectivity index (χ4n) is 1.78. The Morgan fingerprint density at radius 2 is 1.80 bits per heavy atom. The Morgan fingerprint density at radius 3 is 2.20 bits per heavy atom. The van der Waals surface area contributed by atoms with Gasteiger partial charge in [0.2, 0.25) is 0 Å². The molecule has 15 heavy (non-hydrogen) atoms. The Hall–Kier alpha value is -0.767. The fraction of sp³-hybridized carbons (Fsp3) is 0.417. The molecule has 0 saturated carbocycles. The molecule has 82 valence electrons. The summed E-state index contributed by atoms with van der Waals surface area (Å²) in [6.45, 7) is 0. The summed E-state index contributed by atoms with van der Waals surface area (Å²) in [6.07, 6.45) is 0.271. The Kier molecular flexibility index (Phi) is 3.97. The molecule has 0 radical (unpaired) electrons. The van der Waals surface area contributed by atoms with E-state index in [1.165, 1.54) is 5.56 Å². The number of carboxylic acid groups (broad SMARTS) is 1. The molecule has 0 bridgehead atoms. The first-order valence-corrected chi connectivity index (χ1v) is 12.7. The molecule has 3 heteroatoms. The molecule has 0 amide bonds. The van der Waals surface area contributed by atoms with Gasteiger partial charge in [0, 0.05) is 0 Å². The maximum absolute atomic E-state index is 10.9. The normalized spacial score (nSPS) is 13.5. The molecule has 1 aromatic carbocycles. The van der Waals surface area contributed by atoms with Crippen LogP contribution in [0.15, 0.2) is 30.3 Å². The van der Waals surface area contributed by atoms with Crippen molar-refractivity contribution in [2.75, 3.05) is 0 Å². The van der Waals surface area contributed by atoms with Crippen LogP contribution in [0.3, 0.4) is 0 Å². The average Bonchev–Trinajstić information content (AvgIpc) is 2.14. The van der Waals surface area contributed by atoms with Crippen LogP contribution in [0.25, 0.3) is 0 Å². The minimum atomic E-state index is -1.98. The topological polar surface area (TPSA) is 37.3 Å². The Labute approximate surface area is 93.7 Å². The van der Waals surface area contributed by atoms with E-state index in [4.69, 9.17) is 5.11 Å². The van der Waals surface area contributed by atoms with Crippen molar-refractivity contribution in [3.05, 3.63) is 35.9 Å². The van der Waals surface area contributed by atoms with Crippen molar-refractivity contribution in [1.82, 2.24) is 0 Å². The van der Waals surface area contributed by atoms with E-state index in [9.17, 15) is 4.79 Å². The molecule has 0 fully saturated rings. The van der Waals surface area contributed by atoms with E-state index in [-0.39, 0.29) is 11.2 Å². The van der Waals surface area contributed by atoms with Gasteiger partial charge in [-0.05, 0) is 0 Å². The predicted molar refractivity (Wildman–Crippen MR) is 64.8 cm³/mol. The van der Waals surface area contributed by atoms with Gasteiger partial charge in [-0.15, -0.1) is 0 Å². The van der Waals surface area contributed by atoms with Gasteiger partial charge < -0.3 is 0 Å². The second kappa shape index (κ2) is 4.84. The van der Waals surface area contributed by atoms with Gasteiger partial charge in [-0.3, -0.25) is 0 Å². The third-order valence-electron chi connectivity index (χ3n) is 2.63. The molecule has 0 saturated heterocycles. The number of rotatable bonds is 4. The van der Waals surface area contributed by atoms with Crippen molar-refractivity contribution in [1.29, 1.82) is 0 Å². The molecule has 0 aliphatic rings. The summed E-state index contributed by atoms with van der Waals surface area (Å²) in [5.74, 6) is 6.10. The van der Waals surface area contributed by atoms with E-state index in [0.29, 0.717) is 0 Å². The molecule has 1 unspecified atom stereocenters. The predicted octanol–water partition coefficient (Wildman–Crippen LogP) is 3.12. The van der Waals surface area contributed by atoms with Crippen LogP contribution in [-0.2, 0) is 4.79 Å². The van der Waals surface area contributed by atoms with Gasteiger partial charge >= 0.3 is 93.5 Å². The van der Waals surface area contributed by atoms with Crippen LogP contribution in [0.2, 0.25) is 17.3 Å². The van der Waals surface area contributed by atoms with Gasteiger partial charge in [-0.1, -0.05) is 0 Å². The number of aliphatic carboxylic acids is 1. The third-order valence-corrected chi connectivity index (χ3v) is 8.14. The van der Waals surface area contributed by atoms with Crippen LogP contribution in [0.1, 0.15) is 16.7 Å². The van der Waals surface area contributed by atoms with E-state index < -0.39 is 19.2 Å². The average molecular weight is 267 g/mol. The summed E-state index contributed by atoms with van der Waals surface area (Å²) < 4.78 is 0.253. The second-order valence-electron chi connectivity index (χ2n) is 4.93. The number of carbonyl (C=O) groups is 1. The van der Waals surface area contributed by atoms with Gasteiger partial charge in [0.1, 0.15) is 0 Å². The number of hydrogen-bond donors (Lipinski definition) is 1. The van der Waals surface area contributed by atoms with Crippen LogP contribution >= 0.6 is 0 Å². The summed E-state index contributed by atoms with van der Waals surface area (Å²) in [4.78, 5) is 10.9. The summed E-state index contributed by atoms with van der Waals surface area (Å²) in [6, 6.07) is 10.0. The van der Waals surface area contributed by atoms with Crippen LogP contribution in [-0.4, -0.2) is 24.3 Å². The molecule has 0 aliphatic carbocycles. The fourth-order valence-corrected chi connectivity index (χ4v) is 5.94. The van der Waals surface area contributed by atoms with Crippen LogP contribution in [0, 0.1) is 0 Å². The Balaban J connectivity index is 2.97. The first-order chi connectivity index (χ1) is 6.91. The van der Waals surface area contributed by atoms with Crippen molar-refractivity contribution in [3.8, 4) is 0 Å². The van der Waals surface area contributed by atoms with Crippen molar-refractivity contribution in [2.45, 2.75) is 28.4 Å². The zero-order chi connectivity index (χ0) is 11.5. The monoisotopic (exact) mass is 268 g/mol. The van der Waals surface area contributed by atoms with Gasteiger partial charge in [0.15, 0.2) is 0 Å². The molecule has 1 rings (SSSR count). The standard InChI is InChI=1S/C12H18GeO2/c1-13(2,3)11(9-12(14)15)10-7-5-4-6-8-10/h4-8,11H,9H2,1-3H3,(H,14,15). The van der Waals surface area contributed by atoms with Gasteiger partial charge in [0.05, 0.1) is 0 Å². The molecule has 0 spiro atoms. The first kappa shape index (κ1) is 12.3. The molecule has 1 aromatic rings. The third kappa shape index (κ3) is 3.70. The second-order valence-corrected chi connectivity index (χ2v) is 16.3. The van der Waals surface area contributed by atoms with Crippen molar-refractivity contribution in [3.63, 3.8) is 0 Å². The Bertz CT molecular complexity index is 327. The summed E-state index contributed by atoms with van der Waals surface area (Å²) in [7, 11) is 0. The van der Waals surface area contributed by atoms with E-state index in [1.807, 2.05) is 30.3 Å². The van der Waals surface area contributed by atoms with Crippen molar-refractivity contribution in [2.24, 2.45) is 0 Å². The molecule has 0 aromatic heterocycles. The van der Waals surface area contributed by atoms with E-state index in [1.54, 1.807) is 0 Å². The summed E-state index contributed by atoms with van der Waals surface area (Å²) in [5, 5.41) is 8.94. The molecule has 0 heterocycles. The maximum atomic E-state index is 10.9. The zero-order valence-electron chi connectivity index (χ0n) is 9.53. The Morgan fingerprint density at radius 1 is 1.27 bits per heavy atom. The van der Waals surface area contributed by atoms with Crippen molar-refractivity contribution < 1.29 is 9.90 Å². The zero-order valence-corrected chi connectivity index (χ0v) is 11.6. The number of carboxylic acids is 1. The van der Waals surface area contributed by atoms with Gasteiger partial charge in [-0.2, -0.15) is 0 Å². The van der Waals surface area contributed by atoms with Gasteiger partial charge in [0.25, 0.3) is 0 Å². The van der Waals surface area contributed by atoms with E-state index >= 15 is 0 Å². The first-order valence-electron chi connectivity index (χ1n) is 5.18. The molecule has 1 atom stereocenters. The molecule has 0 aliphatic heterocycles. The van der Waals surface area contributed by atoms with Gasteiger partial charge in [-0.25, -0.2) is 0 Å². The van der Waals surface area contributed by atoms with Crippen molar-refractivity contribution >= 4 is 19.2 Å². The molecular weight excluding hydrogens is 249 g/mol.